The number of nitrogens with one attached hydrogen (secondary N) is 1. The number of hydrogen-bond donors (Lipinski definition) is 1. The molecule has 1 amide bonds. The minimum atomic E-state index is 0.0351. The fourth-order valence-electron chi connectivity index (χ4n) is 3.25. The normalized spacial score (nSPS) is 17.4. The third-order valence-electron chi connectivity index (χ3n) is 4.58. The van der Waals surface area contributed by atoms with Crippen LogP contribution in [0.25, 0.3) is 0 Å². The average molecular weight is 378 g/mol. The lowest BCUT2D eigenvalue weighted by Gasteiger charge is -2.35. The van der Waals surface area contributed by atoms with Crippen LogP contribution in [0.2, 0.25) is 10.0 Å². The molecule has 0 spiro atoms. The van der Waals surface area contributed by atoms with Crippen molar-refractivity contribution in [2.75, 3.05) is 11.9 Å². The second-order valence-corrected chi connectivity index (χ2v) is 7.05. The summed E-state index contributed by atoms with van der Waals surface area (Å²) in [4.78, 5) is 19.1. The smallest absolute Gasteiger partial charge is 0.255 e. The van der Waals surface area contributed by atoms with Crippen LogP contribution in [0.15, 0.2) is 36.7 Å². The van der Waals surface area contributed by atoms with Crippen LogP contribution in [0.4, 0.5) is 11.4 Å². The Labute approximate surface area is 158 Å². The van der Waals surface area contributed by atoms with Crippen molar-refractivity contribution < 1.29 is 4.79 Å². The summed E-state index contributed by atoms with van der Waals surface area (Å²) in [5.74, 6) is 0.0351. The van der Waals surface area contributed by atoms with E-state index in [1.807, 2.05) is 4.90 Å². The molecule has 2 aromatic rings. The number of likely N-dealkylation sites (tertiary alicyclic amines) is 1. The number of benzene rings is 1. The largest absolute Gasteiger partial charge is 0.352 e. The van der Waals surface area contributed by atoms with Crippen molar-refractivity contribution in [3.8, 4) is 0 Å². The quantitative estimate of drug-likeness (QED) is 0.760. The van der Waals surface area contributed by atoms with E-state index < -0.39 is 0 Å². The first-order chi connectivity index (χ1) is 12.1. The van der Waals surface area contributed by atoms with Crippen LogP contribution in [0.1, 0.15) is 43.0 Å². The summed E-state index contributed by atoms with van der Waals surface area (Å²) >= 11 is 12.4. The monoisotopic (exact) mass is 377 g/mol. The van der Waals surface area contributed by atoms with Gasteiger partial charge >= 0.3 is 0 Å². The molecule has 1 unspecified atom stereocenters. The van der Waals surface area contributed by atoms with E-state index in [4.69, 9.17) is 23.2 Å². The molecule has 4 nitrogen and oxygen atoms in total. The van der Waals surface area contributed by atoms with Crippen LogP contribution in [0.3, 0.4) is 0 Å². The molecule has 1 aliphatic heterocycles. The number of aromatic nitrogens is 1. The molecule has 6 heteroatoms. The molecule has 1 atom stereocenters. The summed E-state index contributed by atoms with van der Waals surface area (Å²) in [5, 5.41) is 4.21. The van der Waals surface area contributed by atoms with Crippen LogP contribution in [-0.2, 0) is 0 Å². The first-order valence-corrected chi connectivity index (χ1v) is 9.32. The molecule has 3 rings (SSSR count). The molecule has 0 bridgehead atoms. The molecular formula is C19H21Cl2N3O. The van der Waals surface area contributed by atoms with Crippen molar-refractivity contribution in [2.24, 2.45) is 0 Å². The molecule has 1 aliphatic rings. The van der Waals surface area contributed by atoms with Crippen molar-refractivity contribution in [2.45, 2.75) is 38.6 Å². The number of carbonyl (C=O) groups excluding carboxylic acids is 1. The number of nitrogens with zero attached hydrogens (tertiary/aromatic N) is 2. The zero-order chi connectivity index (χ0) is 17.8. The lowest BCUT2D eigenvalue weighted by molar-refractivity contribution is 0.0607. The van der Waals surface area contributed by atoms with Gasteiger partial charge in [0.2, 0.25) is 0 Å². The number of rotatable bonds is 4. The Morgan fingerprint density at radius 2 is 2.04 bits per heavy atom. The summed E-state index contributed by atoms with van der Waals surface area (Å²) in [5.41, 5.74) is 1.88. The predicted octanol–water partition coefficient (Wildman–Crippen LogP) is 5.54. The Bertz CT molecular complexity index is 746. The minimum absolute atomic E-state index is 0.0351. The van der Waals surface area contributed by atoms with Crippen LogP contribution >= 0.6 is 23.2 Å². The fraction of sp³-hybridized carbons (Fsp3) is 0.368. The minimum Gasteiger partial charge on any atom is -0.352 e. The Hall–Kier alpha value is -1.78. The maximum atomic E-state index is 12.9. The lowest BCUT2D eigenvalue weighted by atomic mass is 9.99. The van der Waals surface area contributed by atoms with Gasteiger partial charge < -0.3 is 10.2 Å². The average Bonchev–Trinajstić information content (AvgIpc) is 2.64. The highest BCUT2D eigenvalue weighted by Gasteiger charge is 2.26. The zero-order valence-corrected chi connectivity index (χ0v) is 15.6. The van der Waals surface area contributed by atoms with Gasteiger partial charge in [0, 0.05) is 18.8 Å². The molecule has 1 aromatic carbocycles. The van der Waals surface area contributed by atoms with E-state index in [1.54, 1.807) is 36.7 Å². The van der Waals surface area contributed by atoms with Crippen molar-refractivity contribution >= 4 is 40.5 Å². The Morgan fingerprint density at radius 1 is 1.28 bits per heavy atom. The van der Waals surface area contributed by atoms with Crippen LogP contribution in [-0.4, -0.2) is 28.4 Å². The SMILES string of the molecule is CCC1CCCCN1C(=O)c1cncc(Nc2c(Cl)cccc2Cl)c1. The number of halogens is 2. The summed E-state index contributed by atoms with van der Waals surface area (Å²) in [7, 11) is 0. The number of anilines is 2. The summed E-state index contributed by atoms with van der Waals surface area (Å²) in [6.45, 7) is 2.94. The van der Waals surface area contributed by atoms with Gasteiger partial charge in [0.1, 0.15) is 0 Å². The van der Waals surface area contributed by atoms with E-state index in [1.165, 1.54) is 6.42 Å². The van der Waals surface area contributed by atoms with Gasteiger partial charge in [0.25, 0.3) is 5.91 Å². The van der Waals surface area contributed by atoms with Crippen LogP contribution in [0, 0.1) is 0 Å². The Kier molecular flexibility index (Phi) is 5.82. The second-order valence-electron chi connectivity index (χ2n) is 6.24. The highest BCUT2D eigenvalue weighted by atomic mass is 35.5. The highest BCUT2D eigenvalue weighted by Crippen LogP contribution is 2.32. The van der Waals surface area contributed by atoms with Crippen LogP contribution < -0.4 is 5.32 Å². The van der Waals surface area contributed by atoms with Gasteiger partial charge in [-0.1, -0.05) is 36.2 Å². The molecule has 0 aliphatic carbocycles. The number of carbonyl (C=O) groups is 1. The lowest BCUT2D eigenvalue weighted by Crippen LogP contribution is -2.43. The third-order valence-corrected chi connectivity index (χ3v) is 5.21. The summed E-state index contributed by atoms with van der Waals surface area (Å²) in [6, 6.07) is 7.43. The fourth-order valence-corrected chi connectivity index (χ4v) is 3.74. The Balaban J connectivity index is 1.82. The van der Waals surface area contributed by atoms with Gasteiger partial charge in [-0.25, -0.2) is 0 Å². The van der Waals surface area contributed by atoms with Gasteiger partial charge in [-0.05, 0) is 43.9 Å². The number of amides is 1. The second kappa shape index (κ2) is 8.07. The van der Waals surface area contributed by atoms with Gasteiger partial charge in [0.05, 0.1) is 33.2 Å². The van der Waals surface area contributed by atoms with E-state index in [0.29, 0.717) is 33.0 Å². The molecular weight excluding hydrogens is 357 g/mol. The number of hydrogen-bond acceptors (Lipinski definition) is 3. The van der Waals surface area contributed by atoms with Crippen molar-refractivity contribution in [3.05, 3.63) is 52.3 Å². The van der Waals surface area contributed by atoms with Crippen molar-refractivity contribution in [3.63, 3.8) is 0 Å². The van der Waals surface area contributed by atoms with Gasteiger partial charge in [-0.15, -0.1) is 0 Å². The van der Waals surface area contributed by atoms with Crippen molar-refractivity contribution in [1.29, 1.82) is 0 Å². The standard InChI is InChI=1S/C19H21Cl2N3O/c1-2-15-6-3-4-9-24(15)19(25)13-10-14(12-22-11-13)23-18-16(20)7-5-8-17(18)21/h5,7-8,10-12,15,23H,2-4,6,9H2,1H3. The topological polar surface area (TPSA) is 45.2 Å². The maximum Gasteiger partial charge on any atom is 0.255 e. The molecule has 25 heavy (non-hydrogen) atoms. The van der Waals surface area contributed by atoms with Gasteiger partial charge in [0.15, 0.2) is 0 Å². The van der Waals surface area contributed by atoms with E-state index in [-0.39, 0.29) is 5.91 Å². The van der Waals surface area contributed by atoms with E-state index in [2.05, 4.69) is 17.2 Å². The zero-order valence-electron chi connectivity index (χ0n) is 14.1. The third kappa shape index (κ3) is 4.07. The van der Waals surface area contributed by atoms with E-state index in [9.17, 15) is 4.79 Å². The van der Waals surface area contributed by atoms with Gasteiger partial charge in [-0.2, -0.15) is 0 Å². The molecule has 1 N–H and O–H groups in total. The van der Waals surface area contributed by atoms with Gasteiger partial charge in [-0.3, -0.25) is 9.78 Å². The molecule has 0 saturated carbocycles. The molecule has 132 valence electrons. The maximum absolute atomic E-state index is 12.9. The first-order valence-electron chi connectivity index (χ1n) is 8.57. The Morgan fingerprint density at radius 3 is 2.76 bits per heavy atom. The van der Waals surface area contributed by atoms with E-state index >= 15 is 0 Å². The first kappa shape index (κ1) is 18.0. The predicted molar refractivity (Wildman–Crippen MR) is 103 cm³/mol. The van der Waals surface area contributed by atoms with Crippen LogP contribution in [0.5, 0.6) is 0 Å². The number of pyridine rings is 1. The molecule has 1 aromatic heterocycles. The molecule has 2 heterocycles. The number of para-hydroxylation sites is 1. The highest BCUT2D eigenvalue weighted by molar-refractivity contribution is 6.39. The summed E-state index contributed by atoms with van der Waals surface area (Å²) in [6.07, 6.45) is 7.57. The molecule has 1 saturated heterocycles. The molecule has 1 fully saturated rings. The summed E-state index contributed by atoms with van der Waals surface area (Å²) < 4.78 is 0. The van der Waals surface area contributed by atoms with E-state index in [0.717, 1.165) is 25.8 Å². The number of piperidine rings is 1. The van der Waals surface area contributed by atoms with Crippen molar-refractivity contribution in [1.82, 2.24) is 9.88 Å². The molecule has 0 radical (unpaired) electrons.